The molecule has 0 aromatic carbocycles. The van der Waals surface area contributed by atoms with Crippen LogP contribution in [0.15, 0.2) is 12.2 Å². The molecule has 6 nitrogen and oxygen atoms in total. The van der Waals surface area contributed by atoms with Crippen LogP contribution in [0.5, 0.6) is 0 Å². The molecule has 26 heavy (non-hydrogen) atoms. The lowest BCUT2D eigenvalue weighted by molar-refractivity contribution is -0.171. The second-order valence-corrected chi connectivity index (χ2v) is 9.66. The second-order valence-electron chi connectivity index (χ2n) is 9.66. The summed E-state index contributed by atoms with van der Waals surface area (Å²) in [7, 11) is 1.37. The highest BCUT2D eigenvalue weighted by molar-refractivity contribution is 5.88. The molecule has 6 saturated carbocycles. The number of fused-ring (bicyclic) bond motifs is 1. The van der Waals surface area contributed by atoms with Crippen LogP contribution in [0.3, 0.4) is 0 Å². The summed E-state index contributed by atoms with van der Waals surface area (Å²) >= 11 is 0. The Morgan fingerprint density at radius 3 is 2.77 bits per heavy atom. The van der Waals surface area contributed by atoms with Crippen molar-refractivity contribution in [1.29, 1.82) is 0 Å². The Morgan fingerprint density at radius 1 is 1.35 bits per heavy atom. The van der Waals surface area contributed by atoms with E-state index >= 15 is 0 Å². The molecule has 7 aliphatic rings. The summed E-state index contributed by atoms with van der Waals surface area (Å²) in [5.41, 5.74) is -1.98. The van der Waals surface area contributed by atoms with Crippen LogP contribution < -0.4 is 0 Å². The molecule has 1 aliphatic heterocycles. The molecule has 0 aromatic heterocycles. The summed E-state index contributed by atoms with van der Waals surface area (Å²) in [6, 6.07) is 0. The zero-order chi connectivity index (χ0) is 18.4. The van der Waals surface area contributed by atoms with E-state index in [0.29, 0.717) is 19.3 Å². The molecular weight excluding hydrogens is 336 g/mol. The first-order valence-corrected chi connectivity index (χ1v) is 9.61. The highest BCUT2D eigenvalue weighted by Gasteiger charge is 3.03. The summed E-state index contributed by atoms with van der Waals surface area (Å²) in [6.07, 6.45) is 0.900. The fraction of sp³-hybridized carbons (Fsp3) is 0.800. The molecule has 0 amide bonds. The molecule has 7 rings (SSSR count). The van der Waals surface area contributed by atoms with Crippen LogP contribution in [0.4, 0.5) is 0 Å². The normalized spacial score (nSPS) is 63.2. The number of ether oxygens (including phenoxy) is 2. The Labute approximate surface area is 151 Å². The monoisotopic (exact) mass is 360 g/mol. The molecule has 10 atom stereocenters. The van der Waals surface area contributed by atoms with Gasteiger partial charge in [0.25, 0.3) is 0 Å². The lowest BCUT2D eigenvalue weighted by Gasteiger charge is -2.50. The third-order valence-electron chi connectivity index (χ3n) is 9.56. The van der Waals surface area contributed by atoms with E-state index in [0.717, 1.165) is 12.0 Å². The third-order valence-corrected chi connectivity index (χ3v) is 9.56. The molecular formula is C20H24O6. The molecule has 6 heteroatoms. The van der Waals surface area contributed by atoms with Crippen LogP contribution in [0.2, 0.25) is 0 Å². The Kier molecular flexibility index (Phi) is 2.35. The zero-order valence-electron chi connectivity index (χ0n) is 15.0. The van der Waals surface area contributed by atoms with E-state index in [1.807, 2.05) is 0 Å². The van der Waals surface area contributed by atoms with Gasteiger partial charge in [0.1, 0.15) is 5.60 Å². The third kappa shape index (κ3) is 1.04. The predicted molar refractivity (Wildman–Crippen MR) is 87.4 cm³/mol. The SMILES string of the molecule is C=C1[C@@H]2C[C@@H](O)[C@]34[C@@H]1[C@@]3(C2)[C@@H](C(=O)OC)[C@@H]1[C@]2(C)C(=O)O[C@@]14CC[C@H]2O. The van der Waals surface area contributed by atoms with Crippen LogP contribution in [0.1, 0.15) is 32.6 Å². The van der Waals surface area contributed by atoms with E-state index in [1.54, 1.807) is 6.92 Å². The van der Waals surface area contributed by atoms with Gasteiger partial charge in [0.2, 0.25) is 0 Å². The average Bonchev–Trinajstić information content (AvgIpc) is 2.99. The minimum absolute atomic E-state index is 0.00879. The number of hydrogen-bond donors (Lipinski definition) is 2. The van der Waals surface area contributed by atoms with E-state index in [1.165, 1.54) is 7.11 Å². The van der Waals surface area contributed by atoms with Crippen LogP contribution in [0.25, 0.3) is 0 Å². The molecule has 7 fully saturated rings. The molecule has 1 heterocycles. The first-order chi connectivity index (χ1) is 12.2. The first-order valence-electron chi connectivity index (χ1n) is 9.61. The predicted octanol–water partition coefficient (Wildman–Crippen LogP) is 0.805. The van der Waals surface area contributed by atoms with Crippen molar-refractivity contribution in [3.8, 4) is 0 Å². The van der Waals surface area contributed by atoms with Crippen LogP contribution >= 0.6 is 0 Å². The van der Waals surface area contributed by atoms with Crippen molar-refractivity contribution in [2.24, 2.45) is 39.9 Å². The van der Waals surface area contributed by atoms with Gasteiger partial charge in [-0.25, -0.2) is 0 Å². The van der Waals surface area contributed by atoms with Crippen molar-refractivity contribution in [1.82, 2.24) is 0 Å². The number of allylic oxidation sites excluding steroid dienone is 1. The number of esters is 2. The highest BCUT2D eigenvalue weighted by Crippen LogP contribution is 2.98. The van der Waals surface area contributed by atoms with Gasteiger partial charge in [0, 0.05) is 11.3 Å². The van der Waals surface area contributed by atoms with Gasteiger partial charge in [0.15, 0.2) is 0 Å². The van der Waals surface area contributed by atoms with Crippen molar-refractivity contribution in [2.75, 3.05) is 7.11 Å². The van der Waals surface area contributed by atoms with Gasteiger partial charge >= 0.3 is 11.9 Å². The minimum Gasteiger partial charge on any atom is -0.469 e. The molecule has 0 radical (unpaired) electrons. The van der Waals surface area contributed by atoms with Gasteiger partial charge in [-0.15, -0.1) is 0 Å². The Morgan fingerprint density at radius 2 is 2.08 bits per heavy atom. The van der Waals surface area contributed by atoms with Crippen LogP contribution in [-0.4, -0.2) is 47.1 Å². The van der Waals surface area contributed by atoms with E-state index in [-0.39, 0.29) is 17.8 Å². The number of aliphatic hydroxyl groups excluding tert-OH is 2. The largest absolute Gasteiger partial charge is 0.469 e. The van der Waals surface area contributed by atoms with Crippen molar-refractivity contribution >= 4 is 11.9 Å². The van der Waals surface area contributed by atoms with Gasteiger partial charge in [-0.05, 0) is 44.4 Å². The van der Waals surface area contributed by atoms with E-state index in [9.17, 15) is 19.8 Å². The zero-order valence-corrected chi connectivity index (χ0v) is 15.0. The van der Waals surface area contributed by atoms with Gasteiger partial charge in [-0.3, -0.25) is 9.59 Å². The lowest BCUT2D eigenvalue weighted by Crippen LogP contribution is -2.59. The molecule has 2 N–H and O–H groups in total. The highest BCUT2D eigenvalue weighted by atomic mass is 16.6. The molecule has 0 aromatic rings. The molecule has 2 spiro atoms. The maximum atomic E-state index is 13.0. The number of carbonyl (C=O) groups excluding carboxylic acids is 2. The van der Waals surface area contributed by atoms with E-state index < -0.39 is 51.9 Å². The molecule has 6 bridgehead atoms. The number of carbonyl (C=O) groups is 2. The van der Waals surface area contributed by atoms with Crippen molar-refractivity contribution in [3.05, 3.63) is 12.2 Å². The Bertz CT molecular complexity index is 806. The maximum Gasteiger partial charge on any atom is 0.315 e. The van der Waals surface area contributed by atoms with Crippen LogP contribution in [-0.2, 0) is 19.1 Å². The molecule has 6 aliphatic carbocycles. The van der Waals surface area contributed by atoms with E-state index in [2.05, 4.69) is 6.58 Å². The summed E-state index contributed by atoms with van der Waals surface area (Å²) < 4.78 is 11.3. The second kappa shape index (κ2) is 3.90. The molecule has 1 saturated heterocycles. The van der Waals surface area contributed by atoms with Gasteiger partial charge in [-0.1, -0.05) is 12.2 Å². The van der Waals surface area contributed by atoms with Crippen molar-refractivity contribution in [2.45, 2.75) is 50.4 Å². The fourth-order valence-electron chi connectivity index (χ4n) is 9.03. The van der Waals surface area contributed by atoms with Crippen molar-refractivity contribution < 1.29 is 29.3 Å². The van der Waals surface area contributed by atoms with E-state index in [4.69, 9.17) is 9.47 Å². The number of aliphatic hydroxyl groups is 2. The smallest absolute Gasteiger partial charge is 0.315 e. The maximum absolute atomic E-state index is 13.0. The van der Waals surface area contributed by atoms with Gasteiger partial charge in [-0.2, -0.15) is 0 Å². The Balaban J connectivity index is 1.66. The van der Waals surface area contributed by atoms with Crippen molar-refractivity contribution in [3.63, 3.8) is 0 Å². The minimum atomic E-state index is -1.12. The standard InChI is InChI=1S/C20H24O6/c1-8-9-6-11(22)20-13(8)18(20,7-9)12(15(23)25-3)14-17(2)10(21)4-5-19(14,20)26-16(17)24/h9-14,21-22H,1,4-7H2,2-3H3/t9-,10-,11-,12-,13+,14-,17-,18-,19+,20+/m1/s1. The molecule has 140 valence electrons. The average molecular weight is 360 g/mol. The lowest BCUT2D eigenvalue weighted by atomic mass is 9.54. The fourth-order valence-corrected chi connectivity index (χ4v) is 9.03. The van der Waals surface area contributed by atoms with Crippen LogP contribution in [0, 0.1) is 39.9 Å². The number of rotatable bonds is 1. The summed E-state index contributed by atoms with van der Waals surface area (Å²) in [5.74, 6) is -1.54. The quantitative estimate of drug-likeness (QED) is 0.531. The van der Waals surface area contributed by atoms with Gasteiger partial charge < -0.3 is 19.7 Å². The van der Waals surface area contributed by atoms with Gasteiger partial charge in [0.05, 0.1) is 36.1 Å². The topological polar surface area (TPSA) is 93.1 Å². The number of hydrogen-bond acceptors (Lipinski definition) is 6. The first kappa shape index (κ1) is 15.6. The Hall–Kier alpha value is -1.40. The summed E-state index contributed by atoms with van der Waals surface area (Å²) in [5, 5.41) is 21.9. The summed E-state index contributed by atoms with van der Waals surface area (Å²) in [4.78, 5) is 26.0. The summed E-state index contributed by atoms with van der Waals surface area (Å²) in [6.45, 7) is 6.03. The number of methoxy groups -OCH3 is 1. The molecule has 0 unspecified atom stereocenters.